The molecule has 0 saturated carbocycles. The third kappa shape index (κ3) is 4.91. The van der Waals surface area contributed by atoms with Crippen LogP contribution >= 0.6 is 0 Å². The molecule has 1 aliphatic heterocycles. The van der Waals surface area contributed by atoms with Gasteiger partial charge in [-0.1, -0.05) is 63.3 Å². The first kappa shape index (κ1) is 19.9. The van der Waals surface area contributed by atoms with Crippen molar-refractivity contribution in [1.82, 2.24) is 0 Å². The average molecular weight is 365 g/mol. The van der Waals surface area contributed by atoms with E-state index in [1.54, 1.807) is 6.20 Å². The van der Waals surface area contributed by atoms with Crippen LogP contribution in [0.4, 0.5) is 0 Å². The Kier molecular flexibility index (Phi) is 6.93. The summed E-state index contributed by atoms with van der Waals surface area (Å²) in [6, 6.07) is 0. The smallest absolute Gasteiger partial charge is 0.0391 e. The lowest BCUT2D eigenvalue weighted by atomic mass is 9.70. The van der Waals surface area contributed by atoms with Crippen LogP contribution in [0.3, 0.4) is 0 Å². The maximum Gasteiger partial charge on any atom is 0.0391 e. The highest BCUT2D eigenvalue weighted by atomic mass is 14.8. The molecular formula is C25H36N2. The maximum atomic E-state index is 5.52. The van der Waals surface area contributed by atoms with E-state index in [2.05, 4.69) is 69.5 Å². The highest BCUT2D eigenvalue weighted by Gasteiger charge is 2.32. The number of hydrogen-bond donors (Lipinski definition) is 1. The molecule has 0 bridgehead atoms. The molecule has 3 rings (SSSR count). The summed E-state index contributed by atoms with van der Waals surface area (Å²) in [6.07, 6.45) is 26.4. The Labute approximate surface area is 165 Å². The first-order valence-corrected chi connectivity index (χ1v) is 10.8. The van der Waals surface area contributed by atoms with Crippen molar-refractivity contribution >= 4 is 6.21 Å². The number of nitrogens with zero attached hydrogens (tertiary/aromatic N) is 1. The fourth-order valence-corrected chi connectivity index (χ4v) is 4.64. The minimum absolute atomic E-state index is 0.479. The third-order valence-corrected chi connectivity index (χ3v) is 6.53. The lowest BCUT2D eigenvalue weighted by Gasteiger charge is -2.35. The van der Waals surface area contributed by atoms with E-state index in [0.717, 1.165) is 12.8 Å². The first-order valence-electron chi connectivity index (χ1n) is 10.8. The van der Waals surface area contributed by atoms with Gasteiger partial charge in [0, 0.05) is 23.7 Å². The predicted molar refractivity (Wildman–Crippen MR) is 117 cm³/mol. The van der Waals surface area contributed by atoms with Gasteiger partial charge in [-0.05, 0) is 67.5 Å². The van der Waals surface area contributed by atoms with E-state index in [-0.39, 0.29) is 0 Å². The lowest BCUT2D eigenvalue weighted by Crippen LogP contribution is -2.29. The molecule has 27 heavy (non-hydrogen) atoms. The molecule has 2 nitrogen and oxygen atoms in total. The van der Waals surface area contributed by atoms with E-state index in [4.69, 9.17) is 10.7 Å². The number of hydrogen-bond acceptors (Lipinski definition) is 2. The van der Waals surface area contributed by atoms with Crippen LogP contribution in [0, 0.1) is 35.5 Å². The Balaban J connectivity index is 1.76. The van der Waals surface area contributed by atoms with Crippen LogP contribution in [-0.2, 0) is 0 Å². The maximum absolute atomic E-state index is 5.52. The molecule has 146 valence electrons. The Morgan fingerprint density at radius 2 is 2.07 bits per heavy atom. The van der Waals surface area contributed by atoms with Gasteiger partial charge in [0.1, 0.15) is 0 Å². The molecule has 0 fully saturated rings. The zero-order chi connectivity index (χ0) is 19.2. The van der Waals surface area contributed by atoms with Gasteiger partial charge in [-0.3, -0.25) is 4.99 Å². The van der Waals surface area contributed by atoms with Crippen LogP contribution in [0.2, 0.25) is 0 Å². The Bertz CT molecular complexity index is 674. The minimum Gasteiger partial charge on any atom is -0.405 e. The van der Waals surface area contributed by atoms with Gasteiger partial charge in [0.05, 0.1) is 0 Å². The van der Waals surface area contributed by atoms with Crippen molar-refractivity contribution in [2.45, 2.75) is 52.9 Å². The molecule has 2 aliphatic carbocycles. The van der Waals surface area contributed by atoms with Gasteiger partial charge < -0.3 is 5.73 Å². The second kappa shape index (κ2) is 9.39. The minimum atomic E-state index is 0.479. The van der Waals surface area contributed by atoms with Crippen LogP contribution < -0.4 is 5.73 Å². The average Bonchev–Trinajstić information content (AvgIpc) is 2.72. The Morgan fingerprint density at radius 1 is 1.22 bits per heavy atom. The molecule has 3 aliphatic rings. The summed E-state index contributed by atoms with van der Waals surface area (Å²) in [6.45, 7) is 6.82. The molecule has 5 unspecified atom stereocenters. The van der Waals surface area contributed by atoms with Crippen LogP contribution in [0.5, 0.6) is 0 Å². The van der Waals surface area contributed by atoms with E-state index in [1.165, 1.54) is 30.5 Å². The predicted octanol–water partition coefficient (Wildman–Crippen LogP) is 6.20. The second-order valence-corrected chi connectivity index (χ2v) is 8.78. The normalized spacial score (nSPS) is 32.0. The molecule has 0 amide bonds. The Hall–Kier alpha value is -1.83. The summed E-state index contributed by atoms with van der Waals surface area (Å²) in [4.78, 5) is 4.85. The van der Waals surface area contributed by atoms with Crippen LogP contribution in [0.15, 0.2) is 65.0 Å². The molecule has 0 radical (unpaired) electrons. The summed E-state index contributed by atoms with van der Waals surface area (Å²) in [5, 5.41) is 0. The summed E-state index contributed by atoms with van der Waals surface area (Å²) >= 11 is 0. The first-order chi connectivity index (χ1) is 13.1. The quantitative estimate of drug-likeness (QED) is 0.560. The van der Waals surface area contributed by atoms with E-state index >= 15 is 0 Å². The standard InChI is InChI=1S/C25H36N2/c1-18(2)25-16-23(24(17-27-25)21-9-5-4-6-10-21)22-13-11-20(12-14-22)19(3)8-7-15-26/h4-5,7,11,13-21,23-24H,6,8-10,12,26H2,1-3H3/b15-7-. The molecule has 5 atom stereocenters. The van der Waals surface area contributed by atoms with Crippen LogP contribution in [0.25, 0.3) is 0 Å². The fraction of sp³-hybridized carbons (Fsp3) is 0.560. The number of rotatable bonds is 6. The second-order valence-electron chi connectivity index (χ2n) is 8.78. The van der Waals surface area contributed by atoms with Crippen molar-refractivity contribution in [3.8, 4) is 0 Å². The van der Waals surface area contributed by atoms with Crippen molar-refractivity contribution in [1.29, 1.82) is 0 Å². The fourth-order valence-electron chi connectivity index (χ4n) is 4.64. The van der Waals surface area contributed by atoms with Crippen molar-refractivity contribution in [3.05, 3.63) is 60.0 Å². The largest absolute Gasteiger partial charge is 0.405 e. The van der Waals surface area contributed by atoms with Gasteiger partial charge in [-0.25, -0.2) is 0 Å². The summed E-state index contributed by atoms with van der Waals surface area (Å²) in [5.74, 6) is 3.46. The molecule has 2 N–H and O–H groups in total. The van der Waals surface area contributed by atoms with Gasteiger partial charge in [0.2, 0.25) is 0 Å². The molecule has 0 spiro atoms. The van der Waals surface area contributed by atoms with Crippen molar-refractivity contribution in [2.75, 3.05) is 0 Å². The van der Waals surface area contributed by atoms with Gasteiger partial charge >= 0.3 is 0 Å². The molecular weight excluding hydrogens is 328 g/mol. The highest BCUT2D eigenvalue weighted by molar-refractivity contribution is 5.67. The molecule has 0 aromatic carbocycles. The van der Waals surface area contributed by atoms with Gasteiger partial charge in [0.15, 0.2) is 0 Å². The van der Waals surface area contributed by atoms with Crippen molar-refractivity contribution in [2.24, 2.45) is 46.2 Å². The summed E-state index contributed by atoms with van der Waals surface area (Å²) in [5.41, 5.74) is 8.26. The van der Waals surface area contributed by atoms with Crippen molar-refractivity contribution in [3.63, 3.8) is 0 Å². The zero-order valence-electron chi connectivity index (χ0n) is 17.2. The molecule has 2 heteroatoms. The SMILES string of the molecule is CC(C)C1=CC(C2=CCC(C(C)C/C=C\N)C=C2)C(C2CC=CCC2)C=N1. The topological polar surface area (TPSA) is 38.4 Å². The molecule has 0 aromatic rings. The van der Waals surface area contributed by atoms with Crippen molar-refractivity contribution < 1.29 is 0 Å². The number of nitrogens with two attached hydrogens (primary N) is 1. The molecule has 0 saturated heterocycles. The summed E-state index contributed by atoms with van der Waals surface area (Å²) < 4.78 is 0. The van der Waals surface area contributed by atoms with E-state index in [9.17, 15) is 0 Å². The highest BCUT2D eigenvalue weighted by Crippen LogP contribution is 2.40. The van der Waals surface area contributed by atoms with E-state index in [1.807, 2.05) is 0 Å². The number of allylic oxidation sites excluding steroid dienone is 9. The third-order valence-electron chi connectivity index (χ3n) is 6.53. The number of aliphatic imine (C=N–C) groups is 1. The van der Waals surface area contributed by atoms with E-state index in [0.29, 0.717) is 35.5 Å². The summed E-state index contributed by atoms with van der Waals surface area (Å²) in [7, 11) is 0. The van der Waals surface area contributed by atoms with Gasteiger partial charge in [-0.15, -0.1) is 0 Å². The van der Waals surface area contributed by atoms with Gasteiger partial charge in [0.25, 0.3) is 0 Å². The van der Waals surface area contributed by atoms with Crippen LogP contribution in [-0.4, -0.2) is 6.21 Å². The molecule has 0 aromatic heterocycles. The lowest BCUT2D eigenvalue weighted by molar-refractivity contribution is 0.341. The molecule has 1 heterocycles. The monoisotopic (exact) mass is 364 g/mol. The zero-order valence-corrected chi connectivity index (χ0v) is 17.2. The van der Waals surface area contributed by atoms with Crippen LogP contribution in [0.1, 0.15) is 52.9 Å². The van der Waals surface area contributed by atoms with E-state index < -0.39 is 0 Å². The van der Waals surface area contributed by atoms with Gasteiger partial charge in [-0.2, -0.15) is 0 Å². The Morgan fingerprint density at radius 3 is 2.70 bits per heavy atom.